The van der Waals surface area contributed by atoms with Gasteiger partial charge in [-0.15, -0.1) is 0 Å². The molecule has 5 aromatic rings. The monoisotopic (exact) mass is 542 g/mol. The lowest BCUT2D eigenvalue weighted by Crippen LogP contribution is -2.13. The number of rotatable bonds is 4. The Bertz CT molecular complexity index is 1390. The molecule has 154 valence electrons. The van der Waals surface area contributed by atoms with E-state index in [-0.39, 0.29) is 11.6 Å². The summed E-state index contributed by atoms with van der Waals surface area (Å²) in [4.78, 5) is 27.7. The fourth-order valence-electron chi connectivity index (χ4n) is 4.12. The molecule has 0 saturated carbocycles. The van der Waals surface area contributed by atoms with E-state index in [0.29, 0.717) is 22.3 Å². The van der Waals surface area contributed by atoms with Gasteiger partial charge in [-0.05, 0) is 45.8 Å². The van der Waals surface area contributed by atoms with Crippen molar-refractivity contribution in [3.8, 4) is 0 Å². The lowest BCUT2D eigenvalue weighted by atomic mass is 9.84. The Morgan fingerprint density at radius 2 is 0.844 bits per heavy atom. The van der Waals surface area contributed by atoms with Crippen molar-refractivity contribution >= 4 is 65.0 Å². The summed E-state index contributed by atoms with van der Waals surface area (Å²) in [6, 6.07) is 29.9. The standard InChI is InChI=1S/C28H16Br2O2/c29-19-11-13-21-23(15-19)24-16-20(30)12-14-22(24)26(28(32)18-9-5-2-6-10-18)25(21)27(31)17-7-3-1-4-8-17/h1-16H. The maximum atomic E-state index is 13.8. The van der Waals surface area contributed by atoms with Gasteiger partial charge in [0, 0.05) is 31.2 Å². The summed E-state index contributed by atoms with van der Waals surface area (Å²) in [5.41, 5.74) is 1.97. The third-order valence-corrected chi connectivity index (χ3v) is 6.55. The van der Waals surface area contributed by atoms with Crippen LogP contribution in [0.1, 0.15) is 31.8 Å². The molecular formula is C28H16Br2O2. The van der Waals surface area contributed by atoms with E-state index in [0.717, 1.165) is 30.5 Å². The maximum Gasteiger partial charge on any atom is 0.194 e. The van der Waals surface area contributed by atoms with Crippen molar-refractivity contribution in [1.29, 1.82) is 0 Å². The van der Waals surface area contributed by atoms with Crippen LogP contribution in [0, 0.1) is 0 Å². The van der Waals surface area contributed by atoms with Crippen molar-refractivity contribution in [1.82, 2.24) is 0 Å². The second-order valence-electron chi connectivity index (χ2n) is 7.52. The molecule has 0 amide bonds. The Labute approximate surface area is 202 Å². The molecule has 0 bridgehead atoms. The first-order chi connectivity index (χ1) is 15.5. The summed E-state index contributed by atoms with van der Waals surface area (Å²) in [7, 11) is 0. The molecule has 0 aliphatic carbocycles. The number of fused-ring (bicyclic) bond motifs is 3. The molecule has 0 N–H and O–H groups in total. The number of hydrogen-bond donors (Lipinski definition) is 0. The Kier molecular flexibility index (Phi) is 5.50. The van der Waals surface area contributed by atoms with Crippen molar-refractivity contribution < 1.29 is 9.59 Å². The van der Waals surface area contributed by atoms with Crippen LogP contribution in [0.4, 0.5) is 0 Å². The second-order valence-corrected chi connectivity index (χ2v) is 9.35. The van der Waals surface area contributed by atoms with E-state index >= 15 is 0 Å². The van der Waals surface area contributed by atoms with Gasteiger partial charge in [0.05, 0.1) is 0 Å². The molecule has 0 unspecified atom stereocenters. The summed E-state index contributed by atoms with van der Waals surface area (Å²) < 4.78 is 1.82. The number of carbonyl (C=O) groups is 2. The van der Waals surface area contributed by atoms with Gasteiger partial charge in [-0.25, -0.2) is 0 Å². The molecule has 0 heterocycles. The van der Waals surface area contributed by atoms with Crippen molar-refractivity contribution in [2.45, 2.75) is 0 Å². The highest BCUT2D eigenvalue weighted by Gasteiger charge is 2.26. The lowest BCUT2D eigenvalue weighted by molar-refractivity contribution is 0.101. The zero-order chi connectivity index (χ0) is 22.2. The van der Waals surface area contributed by atoms with Crippen LogP contribution in [0.2, 0.25) is 0 Å². The first-order valence-electron chi connectivity index (χ1n) is 10.1. The maximum absolute atomic E-state index is 13.8. The van der Waals surface area contributed by atoms with Gasteiger partial charge in [0.2, 0.25) is 0 Å². The molecule has 0 spiro atoms. The first kappa shape index (κ1) is 20.8. The largest absolute Gasteiger partial charge is 0.289 e. The van der Waals surface area contributed by atoms with Crippen molar-refractivity contribution in [2.24, 2.45) is 0 Å². The summed E-state index contributed by atoms with van der Waals surface area (Å²) in [6.07, 6.45) is 0. The van der Waals surface area contributed by atoms with Crippen molar-refractivity contribution in [3.05, 3.63) is 128 Å². The molecule has 0 aliphatic rings. The molecule has 0 aromatic heterocycles. The number of halogens is 2. The molecule has 5 aromatic carbocycles. The van der Waals surface area contributed by atoms with Crippen LogP contribution in [0.25, 0.3) is 21.5 Å². The molecule has 32 heavy (non-hydrogen) atoms. The van der Waals surface area contributed by atoms with Crippen LogP contribution < -0.4 is 0 Å². The van der Waals surface area contributed by atoms with Crippen molar-refractivity contribution in [3.63, 3.8) is 0 Å². The van der Waals surface area contributed by atoms with Crippen LogP contribution >= 0.6 is 31.9 Å². The van der Waals surface area contributed by atoms with E-state index < -0.39 is 0 Å². The molecule has 4 heteroatoms. The lowest BCUT2D eigenvalue weighted by Gasteiger charge is -2.17. The second kappa shape index (κ2) is 8.45. The molecule has 0 aliphatic heterocycles. The van der Waals surface area contributed by atoms with E-state index in [9.17, 15) is 9.59 Å². The fourth-order valence-corrected chi connectivity index (χ4v) is 4.85. The number of hydrogen-bond acceptors (Lipinski definition) is 2. The van der Waals surface area contributed by atoms with Crippen LogP contribution in [-0.4, -0.2) is 11.6 Å². The van der Waals surface area contributed by atoms with Gasteiger partial charge in [-0.1, -0.05) is 105 Å². The van der Waals surface area contributed by atoms with E-state index in [1.807, 2.05) is 72.8 Å². The molecule has 0 saturated heterocycles. The third-order valence-electron chi connectivity index (χ3n) is 5.57. The Hall–Kier alpha value is -3.08. The van der Waals surface area contributed by atoms with Gasteiger partial charge in [0.15, 0.2) is 11.6 Å². The van der Waals surface area contributed by atoms with Crippen LogP contribution in [0.15, 0.2) is 106 Å². The predicted molar refractivity (Wildman–Crippen MR) is 137 cm³/mol. The summed E-state index contributed by atoms with van der Waals surface area (Å²) in [5, 5.41) is 3.35. The molecule has 0 radical (unpaired) electrons. The van der Waals surface area contributed by atoms with Gasteiger partial charge in [0.25, 0.3) is 0 Å². The van der Waals surface area contributed by atoms with Gasteiger partial charge in [-0.3, -0.25) is 9.59 Å². The zero-order valence-electron chi connectivity index (χ0n) is 16.8. The SMILES string of the molecule is O=C(c1ccccc1)c1c(C(=O)c2ccccc2)c2ccc(Br)cc2c2cc(Br)ccc12. The highest BCUT2D eigenvalue weighted by molar-refractivity contribution is 9.10. The van der Waals surface area contributed by atoms with Crippen LogP contribution in [0.3, 0.4) is 0 Å². The van der Waals surface area contributed by atoms with Gasteiger partial charge in [0.1, 0.15) is 0 Å². The minimum Gasteiger partial charge on any atom is -0.289 e. The van der Waals surface area contributed by atoms with Crippen LogP contribution in [-0.2, 0) is 0 Å². The Balaban J connectivity index is 1.96. The van der Waals surface area contributed by atoms with Crippen molar-refractivity contribution in [2.75, 3.05) is 0 Å². The molecule has 0 fully saturated rings. The highest BCUT2D eigenvalue weighted by atomic mass is 79.9. The molecule has 2 nitrogen and oxygen atoms in total. The molecular weight excluding hydrogens is 528 g/mol. The minimum atomic E-state index is -0.165. The average molecular weight is 544 g/mol. The fraction of sp³-hybridized carbons (Fsp3) is 0. The number of benzene rings is 5. The molecule has 0 atom stereocenters. The zero-order valence-corrected chi connectivity index (χ0v) is 20.0. The minimum absolute atomic E-state index is 0.165. The Morgan fingerprint density at radius 1 is 0.469 bits per heavy atom. The number of carbonyl (C=O) groups excluding carboxylic acids is 2. The van der Waals surface area contributed by atoms with Crippen LogP contribution in [0.5, 0.6) is 0 Å². The smallest absolute Gasteiger partial charge is 0.194 e. The van der Waals surface area contributed by atoms with Gasteiger partial charge >= 0.3 is 0 Å². The Morgan fingerprint density at radius 3 is 1.22 bits per heavy atom. The molecule has 5 rings (SSSR count). The van der Waals surface area contributed by atoms with Gasteiger partial charge < -0.3 is 0 Å². The van der Waals surface area contributed by atoms with E-state index in [1.165, 1.54) is 0 Å². The number of ketones is 2. The van der Waals surface area contributed by atoms with E-state index in [1.54, 1.807) is 24.3 Å². The predicted octanol–water partition coefficient (Wildman–Crippen LogP) is 7.98. The topological polar surface area (TPSA) is 34.1 Å². The quantitative estimate of drug-likeness (QED) is 0.170. The van der Waals surface area contributed by atoms with Gasteiger partial charge in [-0.2, -0.15) is 0 Å². The third kappa shape index (κ3) is 3.60. The summed E-state index contributed by atoms with van der Waals surface area (Å²) in [6.45, 7) is 0. The van der Waals surface area contributed by atoms with E-state index in [4.69, 9.17) is 0 Å². The average Bonchev–Trinajstić information content (AvgIpc) is 2.83. The first-order valence-corrected chi connectivity index (χ1v) is 11.7. The van der Waals surface area contributed by atoms with E-state index in [2.05, 4.69) is 31.9 Å². The normalized spacial score (nSPS) is 11.1. The summed E-state index contributed by atoms with van der Waals surface area (Å²) in [5.74, 6) is -0.330. The summed E-state index contributed by atoms with van der Waals surface area (Å²) >= 11 is 7.13. The highest BCUT2D eigenvalue weighted by Crippen LogP contribution is 2.38.